The Morgan fingerprint density at radius 1 is 1.11 bits per heavy atom. The molecule has 5 nitrogen and oxygen atoms in total. The summed E-state index contributed by atoms with van der Waals surface area (Å²) < 4.78 is 10.0. The highest BCUT2D eigenvalue weighted by atomic mass is 16.5. The number of rotatable bonds is 4. The zero-order valence-corrected chi connectivity index (χ0v) is 16.0. The molecule has 0 bridgehead atoms. The molecule has 3 atom stereocenters. The van der Waals surface area contributed by atoms with E-state index in [1.54, 1.807) is 18.2 Å². The van der Waals surface area contributed by atoms with Crippen LogP contribution >= 0.6 is 0 Å². The van der Waals surface area contributed by atoms with Crippen LogP contribution in [0.1, 0.15) is 57.1 Å². The van der Waals surface area contributed by atoms with Crippen LogP contribution in [0.5, 0.6) is 0 Å². The molecule has 1 aliphatic carbocycles. The van der Waals surface area contributed by atoms with Crippen LogP contribution in [0, 0.1) is 5.92 Å². The minimum absolute atomic E-state index is 0.0368. The summed E-state index contributed by atoms with van der Waals surface area (Å²) in [6.07, 6.45) is 5.40. The summed E-state index contributed by atoms with van der Waals surface area (Å²) in [5, 5.41) is 3.60. The lowest BCUT2D eigenvalue weighted by molar-refractivity contribution is 0.0526. The number of carbonyl (C=O) groups is 2. The molecular formula is C23H23NO4. The summed E-state index contributed by atoms with van der Waals surface area (Å²) >= 11 is 0. The number of esters is 2. The Hall–Kier alpha value is -3.08. The summed E-state index contributed by atoms with van der Waals surface area (Å²) in [4.78, 5) is 24.2. The van der Waals surface area contributed by atoms with Gasteiger partial charge in [-0.15, -0.1) is 0 Å². The maximum absolute atomic E-state index is 12.5. The molecule has 2 aromatic carbocycles. The zero-order chi connectivity index (χ0) is 19.7. The Bertz CT molecular complexity index is 932. The molecular weight excluding hydrogens is 354 g/mol. The Balaban J connectivity index is 1.73. The molecule has 0 saturated heterocycles. The molecule has 0 aromatic heterocycles. The summed E-state index contributed by atoms with van der Waals surface area (Å²) in [6.45, 7) is 2.15. The van der Waals surface area contributed by atoms with Gasteiger partial charge in [-0.1, -0.05) is 36.4 Å². The third kappa shape index (κ3) is 3.07. The number of carbonyl (C=O) groups excluding carboxylic acids is 2. The molecule has 0 saturated carbocycles. The minimum Gasteiger partial charge on any atom is -0.465 e. The first-order valence-electron chi connectivity index (χ1n) is 9.55. The number of allylic oxidation sites excluding steroid dienone is 2. The van der Waals surface area contributed by atoms with Gasteiger partial charge in [-0.25, -0.2) is 9.59 Å². The average molecular weight is 377 g/mol. The molecule has 0 fully saturated rings. The third-order valence-electron chi connectivity index (χ3n) is 5.58. The van der Waals surface area contributed by atoms with Gasteiger partial charge in [0.05, 0.1) is 36.6 Å². The zero-order valence-electron chi connectivity index (χ0n) is 16.0. The Morgan fingerprint density at radius 3 is 2.61 bits per heavy atom. The Kier molecular flexibility index (Phi) is 4.90. The van der Waals surface area contributed by atoms with E-state index < -0.39 is 0 Å². The second kappa shape index (κ2) is 7.50. The number of ether oxygens (including phenoxy) is 2. The lowest BCUT2D eigenvalue weighted by Gasteiger charge is -2.38. The van der Waals surface area contributed by atoms with E-state index in [4.69, 9.17) is 9.47 Å². The van der Waals surface area contributed by atoms with Gasteiger partial charge < -0.3 is 14.8 Å². The van der Waals surface area contributed by atoms with E-state index >= 15 is 0 Å². The summed E-state index contributed by atoms with van der Waals surface area (Å²) in [7, 11) is 1.38. The number of hydrogen-bond acceptors (Lipinski definition) is 5. The normalized spacial score (nSPS) is 22.0. The second-order valence-corrected chi connectivity index (χ2v) is 7.08. The number of fused-ring (bicyclic) bond motifs is 3. The van der Waals surface area contributed by atoms with Crippen molar-refractivity contribution in [2.24, 2.45) is 5.92 Å². The predicted octanol–water partition coefficient (Wildman–Crippen LogP) is 4.48. The first-order chi connectivity index (χ1) is 13.6. The topological polar surface area (TPSA) is 64.6 Å². The van der Waals surface area contributed by atoms with Crippen LogP contribution in [0.2, 0.25) is 0 Å². The van der Waals surface area contributed by atoms with Crippen molar-refractivity contribution in [3.05, 3.63) is 76.9 Å². The fraction of sp³-hybridized carbons (Fsp3) is 0.304. The molecule has 1 N–H and O–H groups in total. The van der Waals surface area contributed by atoms with Crippen LogP contribution in [0.15, 0.2) is 54.6 Å². The van der Waals surface area contributed by atoms with Gasteiger partial charge in [0, 0.05) is 5.92 Å². The van der Waals surface area contributed by atoms with Gasteiger partial charge in [-0.2, -0.15) is 0 Å². The summed E-state index contributed by atoms with van der Waals surface area (Å²) in [6, 6.07) is 13.3. The number of benzene rings is 2. The number of nitrogens with one attached hydrogen (secondary N) is 1. The van der Waals surface area contributed by atoms with E-state index in [9.17, 15) is 9.59 Å². The van der Waals surface area contributed by atoms with E-state index in [1.807, 2.05) is 25.1 Å². The van der Waals surface area contributed by atoms with E-state index in [-0.39, 0.29) is 23.9 Å². The summed E-state index contributed by atoms with van der Waals surface area (Å²) in [5.74, 6) is -0.0598. The van der Waals surface area contributed by atoms with Crippen LogP contribution in [-0.2, 0) is 9.47 Å². The first kappa shape index (κ1) is 18.3. The minimum atomic E-state index is -0.349. The lowest BCUT2D eigenvalue weighted by Crippen LogP contribution is -2.30. The van der Waals surface area contributed by atoms with E-state index in [0.717, 1.165) is 23.2 Å². The van der Waals surface area contributed by atoms with Gasteiger partial charge in [0.1, 0.15) is 0 Å². The van der Waals surface area contributed by atoms with Crippen LogP contribution in [-0.4, -0.2) is 25.7 Å². The average Bonchev–Trinajstić information content (AvgIpc) is 3.22. The van der Waals surface area contributed by atoms with Crippen molar-refractivity contribution in [2.75, 3.05) is 19.0 Å². The molecule has 0 radical (unpaired) electrons. The fourth-order valence-corrected chi connectivity index (χ4v) is 4.27. The number of para-hydroxylation sites is 1. The third-order valence-corrected chi connectivity index (χ3v) is 5.58. The maximum atomic E-state index is 12.5. The molecule has 1 heterocycles. The number of anilines is 1. The Morgan fingerprint density at radius 2 is 1.89 bits per heavy atom. The maximum Gasteiger partial charge on any atom is 0.340 e. The van der Waals surface area contributed by atoms with Crippen LogP contribution in [0.3, 0.4) is 0 Å². The van der Waals surface area contributed by atoms with Crippen molar-refractivity contribution in [1.29, 1.82) is 0 Å². The first-order valence-corrected chi connectivity index (χ1v) is 9.55. The number of hydrogen-bond donors (Lipinski definition) is 1. The van der Waals surface area contributed by atoms with Gasteiger partial charge in [0.25, 0.3) is 0 Å². The molecule has 2 aromatic rings. The molecule has 1 aliphatic heterocycles. The van der Waals surface area contributed by atoms with Crippen molar-refractivity contribution < 1.29 is 19.1 Å². The monoisotopic (exact) mass is 377 g/mol. The SMILES string of the molecule is CCOC(=O)c1cccc2c1N[C@@H](c1ccc(C(=O)OC)cc1)[C@@H]1CC=C[C@H]21. The molecule has 0 spiro atoms. The largest absolute Gasteiger partial charge is 0.465 e. The lowest BCUT2D eigenvalue weighted by atomic mass is 9.76. The quantitative estimate of drug-likeness (QED) is 0.629. The highest BCUT2D eigenvalue weighted by Crippen LogP contribution is 2.50. The van der Waals surface area contributed by atoms with Gasteiger partial charge in [0.15, 0.2) is 0 Å². The molecule has 28 heavy (non-hydrogen) atoms. The second-order valence-electron chi connectivity index (χ2n) is 7.08. The van der Waals surface area contributed by atoms with Gasteiger partial charge in [0.2, 0.25) is 0 Å². The van der Waals surface area contributed by atoms with Crippen molar-refractivity contribution >= 4 is 17.6 Å². The van der Waals surface area contributed by atoms with Crippen LogP contribution < -0.4 is 5.32 Å². The highest BCUT2D eigenvalue weighted by molar-refractivity contribution is 5.97. The fourth-order valence-electron chi connectivity index (χ4n) is 4.27. The smallest absolute Gasteiger partial charge is 0.340 e. The van der Waals surface area contributed by atoms with E-state index in [0.29, 0.717) is 23.7 Å². The van der Waals surface area contributed by atoms with Crippen molar-refractivity contribution in [2.45, 2.75) is 25.3 Å². The van der Waals surface area contributed by atoms with Crippen molar-refractivity contribution in [3.8, 4) is 0 Å². The van der Waals surface area contributed by atoms with Gasteiger partial charge >= 0.3 is 11.9 Å². The molecule has 4 rings (SSSR count). The van der Waals surface area contributed by atoms with Crippen LogP contribution in [0.4, 0.5) is 5.69 Å². The summed E-state index contributed by atoms with van der Waals surface area (Å²) in [5.41, 5.74) is 4.14. The van der Waals surface area contributed by atoms with Crippen LogP contribution in [0.25, 0.3) is 0 Å². The predicted molar refractivity (Wildman–Crippen MR) is 107 cm³/mol. The molecule has 5 heteroatoms. The molecule has 0 unspecified atom stereocenters. The van der Waals surface area contributed by atoms with Crippen molar-refractivity contribution in [1.82, 2.24) is 0 Å². The number of methoxy groups -OCH3 is 1. The highest BCUT2D eigenvalue weighted by Gasteiger charge is 2.39. The Labute approximate surface area is 164 Å². The molecule has 0 amide bonds. The van der Waals surface area contributed by atoms with E-state index in [1.165, 1.54) is 7.11 Å². The molecule has 144 valence electrons. The standard InChI is InChI=1S/C23H23NO4/c1-3-28-23(26)19-9-5-8-18-16-6-4-7-17(16)20(24-21(18)19)14-10-12-15(13-11-14)22(25)27-2/h4-6,8-13,16-17,20,24H,3,7H2,1-2H3/t16-,17+,20-/m0/s1. The van der Waals surface area contributed by atoms with E-state index in [2.05, 4.69) is 23.5 Å². The van der Waals surface area contributed by atoms with Gasteiger partial charge in [-0.3, -0.25) is 0 Å². The molecule has 2 aliphatic rings. The van der Waals surface area contributed by atoms with Crippen molar-refractivity contribution in [3.63, 3.8) is 0 Å². The van der Waals surface area contributed by atoms with Gasteiger partial charge in [-0.05, 0) is 48.6 Å².